The smallest absolute Gasteiger partial charge is 0.411 e. The van der Waals surface area contributed by atoms with Crippen molar-refractivity contribution in [1.29, 1.82) is 0 Å². The van der Waals surface area contributed by atoms with Gasteiger partial charge in [0.2, 0.25) is 0 Å². The quantitative estimate of drug-likeness (QED) is 0.152. The predicted molar refractivity (Wildman–Crippen MR) is 186 cm³/mol. The molecule has 12 nitrogen and oxygen atoms in total. The van der Waals surface area contributed by atoms with E-state index in [4.69, 9.17) is 22.1 Å². The first-order valence-electron chi connectivity index (χ1n) is 17.0. The number of alkyl carbamates (subject to hydrolysis) is 1. The minimum Gasteiger partial charge on any atom is -0.447 e. The van der Waals surface area contributed by atoms with Crippen molar-refractivity contribution in [2.24, 2.45) is 16.1 Å². The molecule has 2 amide bonds. The van der Waals surface area contributed by atoms with Crippen LogP contribution in [0.15, 0.2) is 71.9 Å². The number of benzene rings is 2. The summed E-state index contributed by atoms with van der Waals surface area (Å²) in [6, 6.07) is 7.59. The van der Waals surface area contributed by atoms with Gasteiger partial charge < -0.3 is 10.5 Å². The molecule has 0 spiro atoms. The van der Waals surface area contributed by atoms with Gasteiger partial charge in [-0.1, -0.05) is 50.6 Å². The molecule has 0 saturated heterocycles. The van der Waals surface area contributed by atoms with Crippen LogP contribution in [0, 0.1) is 11.2 Å². The van der Waals surface area contributed by atoms with Crippen LogP contribution in [0.2, 0.25) is 5.02 Å². The average molecular weight is 772 g/mol. The van der Waals surface area contributed by atoms with E-state index in [0.29, 0.717) is 5.56 Å². The van der Waals surface area contributed by atoms with Crippen LogP contribution in [-0.2, 0) is 15.1 Å². The Kier molecular flexibility index (Phi) is 9.26. The molecular weight excluding hydrogens is 737 g/mol. The SMILES string of the molecule is CC(C)(C)C[C@]1(c2ccc(-c3cnn(C4CC4)c3)c(F)c2)N=C(N)N([C@H](COC(=O)N/C=C2\CC2(F)F)c2ccc(Cl)c(-n3ncnc3C(F)F)c2)C1=O. The number of aliphatic imine (C=N–C) groups is 1. The van der Waals surface area contributed by atoms with E-state index in [1.807, 2.05) is 20.8 Å². The van der Waals surface area contributed by atoms with Crippen molar-refractivity contribution in [3.63, 3.8) is 0 Å². The number of amides is 2. The Morgan fingerprint density at radius 1 is 1.17 bits per heavy atom. The Labute approximate surface area is 310 Å². The average Bonchev–Trinajstić information content (AvgIpc) is 3.85. The molecule has 2 aliphatic carbocycles. The van der Waals surface area contributed by atoms with Crippen molar-refractivity contribution in [1.82, 2.24) is 34.8 Å². The van der Waals surface area contributed by atoms with E-state index in [1.54, 1.807) is 29.2 Å². The number of halogens is 6. The van der Waals surface area contributed by atoms with Crippen LogP contribution in [0.3, 0.4) is 0 Å². The summed E-state index contributed by atoms with van der Waals surface area (Å²) in [4.78, 5) is 37.1. The van der Waals surface area contributed by atoms with Crippen LogP contribution in [0.25, 0.3) is 16.8 Å². The normalized spacial score (nSPS) is 20.8. The first kappa shape index (κ1) is 37.0. The fourth-order valence-electron chi connectivity index (χ4n) is 6.59. The Morgan fingerprint density at radius 2 is 1.91 bits per heavy atom. The number of hydrogen-bond acceptors (Lipinski definition) is 8. The number of nitrogens with zero attached hydrogens (tertiary/aromatic N) is 7. The number of nitrogens with one attached hydrogen (secondary N) is 1. The van der Waals surface area contributed by atoms with Gasteiger partial charge in [0.15, 0.2) is 17.3 Å². The topological polar surface area (TPSA) is 146 Å². The van der Waals surface area contributed by atoms with Crippen LogP contribution in [0.1, 0.15) is 81.9 Å². The first-order valence-corrected chi connectivity index (χ1v) is 17.4. The van der Waals surface area contributed by atoms with Crippen LogP contribution < -0.4 is 11.1 Å². The second kappa shape index (κ2) is 13.5. The molecule has 0 bridgehead atoms. The number of carbonyl (C=O) groups is 2. The van der Waals surface area contributed by atoms with Gasteiger partial charge in [-0.15, -0.1) is 0 Å². The third-order valence-electron chi connectivity index (χ3n) is 9.35. The number of hydrogen-bond donors (Lipinski definition) is 2. The highest BCUT2D eigenvalue weighted by molar-refractivity contribution is 6.32. The summed E-state index contributed by atoms with van der Waals surface area (Å²) in [5.41, 5.74) is 5.12. The lowest BCUT2D eigenvalue weighted by Gasteiger charge is -2.35. The Balaban J connectivity index is 1.27. The molecule has 54 heavy (non-hydrogen) atoms. The summed E-state index contributed by atoms with van der Waals surface area (Å²) in [5.74, 6) is -5.35. The monoisotopic (exact) mass is 771 g/mol. The number of allylic oxidation sites excluding steroid dienone is 1. The van der Waals surface area contributed by atoms with Crippen molar-refractivity contribution in [2.45, 2.75) is 76.4 Å². The second-order valence-corrected chi connectivity index (χ2v) is 15.1. The van der Waals surface area contributed by atoms with Gasteiger partial charge in [-0.3, -0.25) is 19.7 Å². The maximum Gasteiger partial charge on any atom is 0.411 e. The van der Waals surface area contributed by atoms with Gasteiger partial charge >= 0.3 is 6.09 Å². The van der Waals surface area contributed by atoms with Gasteiger partial charge in [-0.05, 0) is 54.0 Å². The van der Waals surface area contributed by atoms with Crippen LogP contribution in [-0.4, -0.2) is 59.9 Å². The Bertz CT molecular complexity index is 2190. The molecule has 284 valence electrons. The predicted octanol–water partition coefficient (Wildman–Crippen LogP) is 7.37. The second-order valence-electron chi connectivity index (χ2n) is 14.7. The number of nitrogens with two attached hydrogens (primary N) is 1. The third kappa shape index (κ3) is 7.15. The number of carbonyl (C=O) groups excluding carboxylic acids is 2. The molecule has 18 heteroatoms. The number of ether oxygens (including phenoxy) is 1. The summed E-state index contributed by atoms with van der Waals surface area (Å²) in [7, 11) is 0. The molecule has 0 unspecified atom stereocenters. The van der Waals surface area contributed by atoms with E-state index >= 15 is 4.39 Å². The molecule has 4 aromatic rings. The lowest BCUT2D eigenvalue weighted by atomic mass is 9.75. The van der Waals surface area contributed by atoms with Gasteiger partial charge in [0, 0.05) is 35.5 Å². The molecular formula is C36H35ClF5N9O3. The summed E-state index contributed by atoms with van der Waals surface area (Å²) >= 11 is 6.44. The number of rotatable bonds is 11. The molecule has 1 aliphatic heterocycles. The zero-order chi connectivity index (χ0) is 38.7. The van der Waals surface area contributed by atoms with E-state index in [-0.39, 0.29) is 51.4 Å². The van der Waals surface area contributed by atoms with Gasteiger partial charge in [-0.25, -0.2) is 41.4 Å². The van der Waals surface area contributed by atoms with Gasteiger partial charge in [0.25, 0.3) is 18.3 Å². The van der Waals surface area contributed by atoms with Crippen LogP contribution in [0.4, 0.5) is 26.7 Å². The lowest BCUT2D eigenvalue weighted by Crippen LogP contribution is -2.47. The number of aromatic nitrogens is 5. The van der Waals surface area contributed by atoms with E-state index in [1.165, 1.54) is 24.3 Å². The van der Waals surface area contributed by atoms with Crippen LogP contribution in [0.5, 0.6) is 0 Å². The first-order chi connectivity index (χ1) is 25.5. The molecule has 3 N–H and O–H groups in total. The maximum absolute atomic E-state index is 16.0. The minimum absolute atomic E-state index is 0.00439. The fourth-order valence-corrected chi connectivity index (χ4v) is 6.79. The van der Waals surface area contributed by atoms with Gasteiger partial charge in [-0.2, -0.15) is 10.2 Å². The molecule has 7 rings (SSSR count). The molecule has 2 aromatic carbocycles. The standard InChI is InChI=1S/C36H35ClF5N9O3/c1-34(2,3)17-35(21-5-8-24(26(38)11-21)20-13-46-49(15-20)23-6-7-23)31(52)50(32(43)48-35)28(16-54-33(53)44-14-22-12-36(22,41)42)19-4-9-25(37)27(10-19)51-30(29(39)40)45-18-47-51/h4-5,8-11,13-15,18,23,28-29H,6-7,12,16-17H2,1-3H3,(H2,43,48)(H,44,53)/b22-14+/t28-,35-/m1/s1. The molecule has 2 aromatic heterocycles. The fraction of sp³-hybridized carbons (Fsp3) is 0.389. The van der Waals surface area contributed by atoms with E-state index < -0.39 is 66.0 Å². The largest absolute Gasteiger partial charge is 0.447 e. The van der Waals surface area contributed by atoms with Crippen molar-refractivity contribution in [3.05, 3.63) is 94.7 Å². The van der Waals surface area contributed by atoms with Crippen molar-refractivity contribution in [2.75, 3.05) is 6.61 Å². The highest BCUT2D eigenvalue weighted by Gasteiger charge is 2.54. The summed E-state index contributed by atoms with van der Waals surface area (Å²) in [6.45, 7) is 5.01. The molecule has 2 atom stereocenters. The van der Waals surface area contributed by atoms with Crippen molar-refractivity contribution in [3.8, 4) is 16.8 Å². The molecule has 3 heterocycles. The number of guanidine groups is 1. The molecule has 0 radical (unpaired) electrons. The lowest BCUT2D eigenvalue weighted by molar-refractivity contribution is -0.135. The van der Waals surface area contributed by atoms with E-state index in [0.717, 1.165) is 35.0 Å². The number of alkyl halides is 4. The molecule has 2 fully saturated rings. The van der Waals surface area contributed by atoms with E-state index in [2.05, 4.69) is 25.5 Å². The Morgan fingerprint density at radius 3 is 2.56 bits per heavy atom. The highest BCUT2D eigenvalue weighted by Crippen LogP contribution is 2.48. The van der Waals surface area contributed by atoms with E-state index in [9.17, 15) is 27.2 Å². The third-order valence-corrected chi connectivity index (χ3v) is 9.67. The highest BCUT2D eigenvalue weighted by atomic mass is 35.5. The summed E-state index contributed by atoms with van der Waals surface area (Å²) in [5, 5.41) is 10.4. The molecule has 3 aliphatic rings. The van der Waals surface area contributed by atoms with Crippen molar-refractivity contribution >= 4 is 29.6 Å². The minimum atomic E-state index is -3.02. The Hall–Kier alpha value is -5.32. The van der Waals surface area contributed by atoms with Crippen LogP contribution >= 0.6 is 11.6 Å². The zero-order valence-corrected chi connectivity index (χ0v) is 30.0. The molecule has 2 saturated carbocycles. The zero-order valence-electron chi connectivity index (χ0n) is 29.2. The van der Waals surface area contributed by atoms with Crippen molar-refractivity contribution < 1.29 is 36.3 Å². The summed E-state index contributed by atoms with van der Waals surface area (Å²) in [6.07, 6.45) is 2.53. The summed E-state index contributed by atoms with van der Waals surface area (Å²) < 4.78 is 78.6. The maximum atomic E-state index is 16.0. The van der Waals surface area contributed by atoms with Gasteiger partial charge in [0.1, 0.15) is 18.8 Å². The van der Waals surface area contributed by atoms with Gasteiger partial charge in [0.05, 0.1) is 29.0 Å².